The van der Waals surface area contributed by atoms with Crippen molar-refractivity contribution in [2.24, 2.45) is 0 Å². The quantitative estimate of drug-likeness (QED) is 0.459. The first-order valence-corrected chi connectivity index (χ1v) is 10.5. The van der Waals surface area contributed by atoms with Gasteiger partial charge in [0.25, 0.3) is 15.6 Å². The largest absolute Gasteiger partial charge is 2.00 e. The van der Waals surface area contributed by atoms with Crippen molar-refractivity contribution in [3.8, 4) is 0 Å². The van der Waals surface area contributed by atoms with Crippen LogP contribution in [-0.4, -0.2) is 49.5 Å². The molecule has 0 spiro atoms. The summed E-state index contributed by atoms with van der Waals surface area (Å²) in [4.78, 5) is 21.5. The zero-order valence-electron chi connectivity index (χ0n) is 13.4. The third-order valence-electron chi connectivity index (χ3n) is 3.07. The Morgan fingerprint density at radius 2 is 0.739 bits per heavy atom. The molecule has 11 heteroatoms. The predicted octanol–water partition coefficient (Wildman–Crippen LogP) is 1.74. The smallest absolute Gasteiger partial charge is 0.756 e. The van der Waals surface area contributed by atoms with E-state index in [-0.39, 0.29) is 49.5 Å². The van der Waals surface area contributed by atoms with Crippen molar-refractivity contribution in [1.82, 2.24) is 0 Å². The van der Waals surface area contributed by atoms with Crippen LogP contribution in [0.25, 0.3) is 0 Å². The summed E-state index contributed by atoms with van der Waals surface area (Å²) in [5, 5.41) is 0. The van der Waals surface area contributed by atoms with Crippen LogP contribution < -0.4 is 9.79 Å². The minimum atomic E-state index is -3.94. The van der Waals surface area contributed by atoms with E-state index < -0.39 is 15.6 Å². The number of phosphoric ester groups is 2. The third-order valence-corrected chi connectivity index (χ3v) is 5.07. The van der Waals surface area contributed by atoms with E-state index in [0.717, 1.165) is 51.4 Å². The molecule has 132 valence electrons. The van der Waals surface area contributed by atoms with E-state index in [0.29, 0.717) is 0 Å². The fourth-order valence-corrected chi connectivity index (χ4v) is 3.46. The summed E-state index contributed by atoms with van der Waals surface area (Å²) >= 11 is 0. The van der Waals surface area contributed by atoms with Gasteiger partial charge in [-0.15, -0.1) is 0 Å². The molecule has 0 unspecified atom stereocenters. The molecular formula is C12H24MgO8P2. The van der Waals surface area contributed by atoms with Gasteiger partial charge < -0.3 is 27.9 Å². The minimum Gasteiger partial charge on any atom is -0.756 e. The Hall–Kier alpha value is 0.986. The summed E-state index contributed by atoms with van der Waals surface area (Å²) in [6.45, 7) is 1.06. The maximum absolute atomic E-state index is 10.8. The molecule has 2 fully saturated rings. The predicted molar refractivity (Wildman–Crippen MR) is 81.7 cm³/mol. The van der Waals surface area contributed by atoms with Gasteiger partial charge in [-0.2, -0.15) is 0 Å². The van der Waals surface area contributed by atoms with Crippen molar-refractivity contribution >= 4 is 38.7 Å². The number of phosphoric acid groups is 2. The van der Waals surface area contributed by atoms with Crippen molar-refractivity contribution in [2.45, 2.75) is 51.4 Å². The molecule has 0 aromatic heterocycles. The number of hydrogen-bond donors (Lipinski definition) is 0. The molecule has 0 amide bonds. The average Bonchev–Trinajstić information content (AvgIpc) is 2.60. The zero-order valence-corrected chi connectivity index (χ0v) is 16.6. The van der Waals surface area contributed by atoms with Crippen molar-refractivity contribution in [1.29, 1.82) is 0 Å². The number of hydrogen-bond acceptors (Lipinski definition) is 8. The van der Waals surface area contributed by atoms with Gasteiger partial charge in [-0.3, -0.25) is 9.13 Å². The van der Waals surface area contributed by atoms with Crippen molar-refractivity contribution in [3.63, 3.8) is 0 Å². The van der Waals surface area contributed by atoms with Crippen LogP contribution in [0, 0.1) is 0 Å². The molecule has 2 saturated heterocycles. The van der Waals surface area contributed by atoms with E-state index in [4.69, 9.17) is 0 Å². The molecule has 0 aromatic rings. The molecule has 8 nitrogen and oxygen atoms in total. The van der Waals surface area contributed by atoms with Crippen molar-refractivity contribution in [2.75, 3.05) is 26.4 Å². The Morgan fingerprint density at radius 3 is 0.957 bits per heavy atom. The van der Waals surface area contributed by atoms with Gasteiger partial charge in [0.1, 0.15) is 0 Å². The molecule has 2 aliphatic heterocycles. The van der Waals surface area contributed by atoms with Crippen LogP contribution in [0.1, 0.15) is 51.4 Å². The van der Waals surface area contributed by atoms with Gasteiger partial charge in [-0.05, 0) is 25.7 Å². The van der Waals surface area contributed by atoms with Crippen LogP contribution in [0.15, 0.2) is 0 Å². The van der Waals surface area contributed by atoms with Crippen LogP contribution in [0.3, 0.4) is 0 Å². The second-order valence-electron chi connectivity index (χ2n) is 5.06. The summed E-state index contributed by atoms with van der Waals surface area (Å²) in [6, 6.07) is 0. The SMILES string of the molecule is O=P1([O-])OCCCCCCO1.O=P1([O-])OCCCCCCO1.[Mg+2]. The fraction of sp³-hybridized carbons (Fsp3) is 1.00. The molecule has 2 rings (SSSR count). The van der Waals surface area contributed by atoms with E-state index in [2.05, 4.69) is 18.1 Å². The van der Waals surface area contributed by atoms with Crippen LogP contribution in [0.5, 0.6) is 0 Å². The van der Waals surface area contributed by atoms with E-state index in [9.17, 15) is 18.9 Å². The van der Waals surface area contributed by atoms with Crippen LogP contribution in [0.4, 0.5) is 0 Å². The molecule has 2 heterocycles. The molecule has 0 radical (unpaired) electrons. The average molecular weight is 383 g/mol. The monoisotopic (exact) mass is 382 g/mol. The maximum Gasteiger partial charge on any atom is 2.00 e. The fourth-order valence-electron chi connectivity index (χ4n) is 1.90. The van der Waals surface area contributed by atoms with Gasteiger partial charge in [-0.1, -0.05) is 25.7 Å². The van der Waals surface area contributed by atoms with E-state index in [1.165, 1.54) is 0 Å². The van der Waals surface area contributed by atoms with Gasteiger partial charge in [0.05, 0.1) is 26.4 Å². The van der Waals surface area contributed by atoms with Gasteiger partial charge in [0.2, 0.25) is 0 Å². The second-order valence-corrected chi connectivity index (χ2v) is 7.88. The summed E-state index contributed by atoms with van der Waals surface area (Å²) in [6.07, 6.45) is 7.27. The molecule has 0 aromatic carbocycles. The Morgan fingerprint density at radius 1 is 0.522 bits per heavy atom. The molecular weight excluding hydrogens is 358 g/mol. The van der Waals surface area contributed by atoms with Crippen LogP contribution >= 0.6 is 15.6 Å². The third kappa shape index (κ3) is 13.9. The first-order valence-electron chi connectivity index (χ1n) is 7.62. The summed E-state index contributed by atoms with van der Waals surface area (Å²) in [7, 11) is -7.87. The molecule has 0 aliphatic carbocycles. The van der Waals surface area contributed by atoms with E-state index in [1.54, 1.807) is 0 Å². The van der Waals surface area contributed by atoms with Gasteiger partial charge in [0.15, 0.2) is 0 Å². The Kier molecular flexibility index (Phi) is 13.8. The molecule has 0 atom stereocenters. The minimum absolute atomic E-state index is 0. The normalized spacial score (nSPS) is 25.5. The van der Waals surface area contributed by atoms with Gasteiger partial charge in [-0.25, -0.2) is 0 Å². The Labute approximate surface area is 153 Å². The molecule has 0 saturated carbocycles. The van der Waals surface area contributed by atoms with Gasteiger partial charge in [0, 0.05) is 0 Å². The molecule has 0 bridgehead atoms. The first kappa shape index (κ1) is 24.0. The standard InChI is InChI=1S/2C6H13O4P.Mg/c2*7-11(8)9-5-3-1-2-4-6-10-11;/h2*1-6H2,(H,7,8);/q;;+2/p-2. The summed E-state index contributed by atoms with van der Waals surface area (Å²) < 4.78 is 39.6. The molecule has 0 N–H and O–H groups in total. The summed E-state index contributed by atoms with van der Waals surface area (Å²) in [5.41, 5.74) is 0. The maximum atomic E-state index is 10.8. The Balaban J connectivity index is 0.000000403. The van der Waals surface area contributed by atoms with Gasteiger partial charge >= 0.3 is 23.1 Å². The van der Waals surface area contributed by atoms with E-state index in [1.807, 2.05) is 0 Å². The first-order chi connectivity index (χ1) is 10.4. The topological polar surface area (TPSA) is 117 Å². The molecule has 2 aliphatic rings. The van der Waals surface area contributed by atoms with Crippen LogP contribution in [-0.2, 0) is 27.2 Å². The van der Waals surface area contributed by atoms with Crippen molar-refractivity contribution < 1.29 is 37.0 Å². The summed E-state index contributed by atoms with van der Waals surface area (Å²) in [5.74, 6) is 0. The van der Waals surface area contributed by atoms with Crippen LogP contribution in [0.2, 0.25) is 0 Å². The molecule has 23 heavy (non-hydrogen) atoms. The number of rotatable bonds is 0. The van der Waals surface area contributed by atoms with E-state index >= 15 is 0 Å². The second kappa shape index (κ2) is 13.2. The Bertz CT molecular complexity index is 331. The zero-order chi connectivity index (χ0) is 16.3. The van der Waals surface area contributed by atoms with Crippen molar-refractivity contribution in [3.05, 3.63) is 0 Å².